The van der Waals surface area contributed by atoms with E-state index in [-0.39, 0.29) is 17.7 Å². The Bertz CT molecular complexity index is 1280. The van der Waals surface area contributed by atoms with E-state index in [1.807, 2.05) is 57.2 Å². The maximum absolute atomic E-state index is 12.9. The average molecular weight is 452 g/mol. The van der Waals surface area contributed by atoms with Crippen LogP contribution in [0.3, 0.4) is 0 Å². The van der Waals surface area contributed by atoms with Crippen LogP contribution in [0.4, 0.5) is 0 Å². The van der Waals surface area contributed by atoms with Crippen LogP contribution in [-0.2, 0) is 11.3 Å². The van der Waals surface area contributed by atoms with Gasteiger partial charge >= 0.3 is 5.97 Å². The van der Waals surface area contributed by atoms with Gasteiger partial charge in [-0.1, -0.05) is 30.3 Å². The fraction of sp³-hybridized carbons (Fsp3) is 0.217. The first-order chi connectivity index (χ1) is 15.3. The predicted molar refractivity (Wildman–Crippen MR) is 121 cm³/mol. The average Bonchev–Trinajstić information content (AvgIpc) is 3.13. The molecule has 0 saturated heterocycles. The first-order valence-corrected chi connectivity index (χ1v) is 10.3. The molecule has 0 aliphatic carbocycles. The van der Waals surface area contributed by atoms with Gasteiger partial charge in [0.1, 0.15) is 11.4 Å². The lowest BCUT2D eigenvalue weighted by atomic mass is 9.97. The van der Waals surface area contributed by atoms with Gasteiger partial charge in [0, 0.05) is 23.7 Å². The van der Waals surface area contributed by atoms with Crippen molar-refractivity contribution in [1.82, 2.24) is 19.8 Å². The van der Waals surface area contributed by atoms with Gasteiger partial charge in [0.2, 0.25) is 11.2 Å². The fourth-order valence-corrected chi connectivity index (χ4v) is 3.38. The van der Waals surface area contributed by atoms with E-state index in [1.165, 1.54) is 4.52 Å². The first-order valence-electron chi connectivity index (χ1n) is 9.97. The molecule has 0 bridgehead atoms. The summed E-state index contributed by atoms with van der Waals surface area (Å²) in [7, 11) is 0. The van der Waals surface area contributed by atoms with Crippen molar-refractivity contribution >= 4 is 23.2 Å². The summed E-state index contributed by atoms with van der Waals surface area (Å²) in [6.07, 6.45) is 0. The molecule has 0 aliphatic rings. The predicted octanol–water partition coefficient (Wildman–Crippen LogP) is 4.65. The zero-order valence-electron chi connectivity index (χ0n) is 17.9. The summed E-state index contributed by atoms with van der Waals surface area (Å²) in [5.41, 5.74) is 8.43. The van der Waals surface area contributed by atoms with Crippen LogP contribution >= 0.6 is 11.6 Å². The third kappa shape index (κ3) is 4.42. The molecule has 32 heavy (non-hydrogen) atoms. The molecule has 4 rings (SSSR count). The molecule has 0 aliphatic heterocycles. The second-order valence-electron chi connectivity index (χ2n) is 8.05. The molecule has 0 atom stereocenters. The molecule has 4 aromatic rings. The number of carbonyl (C=O) groups excluding carboxylic acids is 1. The number of halogens is 1. The molecule has 9 heteroatoms. The Morgan fingerprint density at radius 2 is 1.81 bits per heavy atom. The van der Waals surface area contributed by atoms with Crippen LogP contribution in [0.25, 0.3) is 16.8 Å². The van der Waals surface area contributed by atoms with Crippen LogP contribution in [0.1, 0.15) is 36.7 Å². The van der Waals surface area contributed by atoms with E-state index in [2.05, 4.69) is 15.3 Å². The smallest absolute Gasteiger partial charge is 0.339 e. The molecule has 2 aromatic heterocycles. The Balaban J connectivity index is 1.86. The second kappa shape index (κ2) is 8.57. The van der Waals surface area contributed by atoms with Crippen molar-refractivity contribution in [2.75, 3.05) is 0 Å². The summed E-state index contributed by atoms with van der Waals surface area (Å²) in [5, 5.41) is 12.2. The first kappa shape index (κ1) is 21.7. The molecule has 0 amide bonds. The lowest BCUT2D eigenvalue weighted by Crippen LogP contribution is -2.25. The van der Waals surface area contributed by atoms with Crippen molar-refractivity contribution in [2.45, 2.75) is 32.9 Å². The van der Waals surface area contributed by atoms with Crippen molar-refractivity contribution in [3.8, 4) is 22.8 Å². The van der Waals surface area contributed by atoms with Gasteiger partial charge in [0.05, 0.1) is 5.56 Å². The molecular formula is C23H22ClN5O3. The van der Waals surface area contributed by atoms with Crippen LogP contribution in [0.2, 0.25) is 5.28 Å². The Labute approximate surface area is 189 Å². The van der Waals surface area contributed by atoms with Crippen LogP contribution in [0, 0.1) is 0 Å². The van der Waals surface area contributed by atoms with Gasteiger partial charge in [-0.05, 0) is 56.1 Å². The van der Waals surface area contributed by atoms with E-state index >= 15 is 0 Å². The number of benzene rings is 2. The lowest BCUT2D eigenvalue weighted by molar-refractivity contribution is 0.00679. The van der Waals surface area contributed by atoms with Crippen molar-refractivity contribution in [2.24, 2.45) is 5.73 Å². The fourth-order valence-electron chi connectivity index (χ4n) is 3.22. The summed E-state index contributed by atoms with van der Waals surface area (Å²) in [6.45, 7) is 5.49. The number of ether oxygens (including phenoxy) is 2. The van der Waals surface area contributed by atoms with Crippen molar-refractivity contribution in [3.05, 3.63) is 71.0 Å². The summed E-state index contributed by atoms with van der Waals surface area (Å²) in [5.74, 6) is 0.179. The summed E-state index contributed by atoms with van der Waals surface area (Å²) < 4.78 is 13.1. The zero-order chi connectivity index (χ0) is 22.9. The molecule has 164 valence electrons. The molecule has 2 aromatic carbocycles. The Hall–Kier alpha value is -3.49. The maximum Gasteiger partial charge on any atom is 0.339 e. The summed E-state index contributed by atoms with van der Waals surface area (Å²) in [4.78, 5) is 12.9. The van der Waals surface area contributed by atoms with E-state index in [4.69, 9.17) is 26.8 Å². The van der Waals surface area contributed by atoms with E-state index in [9.17, 15) is 4.79 Å². The minimum atomic E-state index is -0.653. The Morgan fingerprint density at radius 1 is 1.06 bits per heavy atom. The number of fused-ring (bicyclic) bond motifs is 1. The quantitative estimate of drug-likeness (QED) is 0.440. The van der Waals surface area contributed by atoms with E-state index < -0.39 is 11.6 Å². The highest BCUT2D eigenvalue weighted by Crippen LogP contribution is 2.38. The number of hydrogen-bond acceptors (Lipinski definition) is 7. The minimum absolute atomic E-state index is 0.0558. The van der Waals surface area contributed by atoms with Gasteiger partial charge in [-0.15, -0.1) is 15.3 Å². The highest BCUT2D eigenvalue weighted by atomic mass is 35.5. The monoisotopic (exact) mass is 451 g/mol. The van der Waals surface area contributed by atoms with Crippen LogP contribution in [0.15, 0.2) is 54.6 Å². The van der Waals surface area contributed by atoms with Gasteiger partial charge in [-0.3, -0.25) is 0 Å². The van der Waals surface area contributed by atoms with Crippen LogP contribution in [-0.4, -0.2) is 31.4 Å². The number of carbonyl (C=O) groups is 1. The third-order valence-electron chi connectivity index (χ3n) is 4.58. The maximum atomic E-state index is 12.9. The number of aromatic nitrogens is 4. The van der Waals surface area contributed by atoms with Gasteiger partial charge in [-0.2, -0.15) is 4.52 Å². The Morgan fingerprint density at radius 3 is 2.50 bits per heavy atom. The highest BCUT2D eigenvalue weighted by molar-refractivity contribution is 6.28. The molecule has 0 fully saturated rings. The molecule has 2 N–H and O–H groups in total. The van der Waals surface area contributed by atoms with Crippen molar-refractivity contribution in [1.29, 1.82) is 0 Å². The molecular weight excluding hydrogens is 430 g/mol. The number of rotatable bonds is 5. The van der Waals surface area contributed by atoms with E-state index in [0.717, 1.165) is 11.1 Å². The van der Waals surface area contributed by atoms with Gasteiger partial charge in [-0.25, -0.2) is 4.79 Å². The molecule has 0 unspecified atom stereocenters. The van der Waals surface area contributed by atoms with Gasteiger partial charge in [0.15, 0.2) is 5.65 Å². The standard InChI is InChI=1S/C23H22ClN5O3/c1-23(2,3)32-21(30)16-10-9-15(14-7-5-4-6-8-14)20(17(16)13-25)31-19-12-11-18-26-27-22(24)29(18)28-19/h4-12H,13,25H2,1-3H3. The topological polar surface area (TPSA) is 105 Å². The molecule has 0 radical (unpaired) electrons. The number of nitrogens with zero attached hydrogens (tertiary/aromatic N) is 4. The normalized spacial score (nSPS) is 11.5. The van der Waals surface area contributed by atoms with E-state index in [1.54, 1.807) is 18.2 Å². The molecule has 0 spiro atoms. The van der Waals surface area contributed by atoms with E-state index in [0.29, 0.717) is 22.5 Å². The lowest BCUT2D eigenvalue weighted by Gasteiger charge is -2.22. The van der Waals surface area contributed by atoms with Crippen LogP contribution < -0.4 is 10.5 Å². The Kier molecular flexibility index (Phi) is 5.82. The molecule has 2 heterocycles. The van der Waals surface area contributed by atoms with Gasteiger partial charge < -0.3 is 15.2 Å². The molecule has 0 saturated carbocycles. The SMILES string of the molecule is CC(C)(C)OC(=O)c1ccc(-c2ccccc2)c(Oc2ccc3nnc(Cl)n3n2)c1CN. The number of nitrogens with two attached hydrogens (primary N) is 1. The summed E-state index contributed by atoms with van der Waals surface area (Å²) >= 11 is 6.05. The van der Waals surface area contributed by atoms with Crippen LogP contribution in [0.5, 0.6) is 11.6 Å². The minimum Gasteiger partial charge on any atom is -0.456 e. The van der Waals surface area contributed by atoms with Gasteiger partial charge in [0.25, 0.3) is 0 Å². The summed E-state index contributed by atoms with van der Waals surface area (Å²) in [6, 6.07) is 16.5. The third-order valence-corrected chi connectivity index (χ3v) is 4.81. The second-order valence-corrected chi connectivity index (χ2v) is 8.39. The van der Waals surface area contributed by atoms with Crippen molar-refractivity contribution in [3.63, 3.8) is 0 Å². The largest absolute Gasteiger partial charge is 0.456 e. The highest BCUT2D eigenvalue weighted by Gasteiger charge is 2.25. The molecule has 8 nitrogen and oxygen atoms in total. The number of esters is 1. The zero-order valence-corrected chi connectivity index (χ0v) is 18.6. The van der Waals surface area contributed by atoms with Crippen molar-refractivity contribution < 1.29 is 14.3 Å². The number of hydrogen-bond donors (Lipinski definition) is 1.